The molecule has 1 aliphatic heterocycles. The van der Waals surface area contributed by atoms with Crippen molar-refractivity contribution in [3.8, 4) is 11.5 Å². The molecule has 162 valence electrons. The van der Waals surface area contributed by atoms with Gasteiger partial charge in [0, 0.05) is 18.7 Å². The van der Waals surface area contributed by atoms with Crippen LogP contribution < -0.4 is 14.8 Å². The second-order valence-corrected chi connectivity index (χ2v) is 8.39. The van der Waals surface area contributed by atoms with Crippen molar-refractivity contribution in [1.82, 2.24) is 4.90 Å². The Morgan fingerprint density at radius 1 is 1.19 bits per heavy atom. The monoisotopic (exact) mass is 456 g/mol. The number of thiocarbonyl (C=S) groups is 1. The van der Waals surface area contributed by atoms with Crippen LogP contribution in [0.1, 0.15) is 25.3 Å². The lowest BCUT2D eigenvalue weighted by Gasteiger charge is -2.14. The van der Waals surface area contributed by atoms with E-state index in [0.717, 1.165) is 17.1 Å². The third-order valence-electron chi connectivity index (χ3n) is 4.50. The molecule has 1 saturated heterocycles. The summed E-state index contributed by atoms with van der Waals surface area (Å²) >= 11 is 6.64. The summed E-state index contributed by atoms with van der Waals surface area (Å²) in [6.07, 6.45) is 2.61. The number of rotatable bonds is 9. The summed E-state index contributed by atoms with van der Waals surface area (Å²) in [5.74, 6) is 1.24. The Balaban J connectivity index is 1.50. The van der Waals surface area contributed by atoms with Gasteiger partial charge >= 0.3 is 0 Å². The van der Waals surface area contributed by atoms with Crippen molar-refractivity contribution in [3.05, 3.63) is 59.0 Å². The lowest BCUT2D eigenvalue weighted by Crippen LogP contribution is -2.29. The lowest BCUT2D eigenvalue weighted by molar-refractivity contribution is -0.122. The van der Waals surface area contributed by atoms with E-state index in [0.29, 0.717) is 40.9 Å². The highest BCUT2D eigenvalue weighted by molar-refractivity contribution is 8.26. The summed E-state index contributed by atoms with van der Waals surface area (Å²) in [5.41, 5.74) is 1.58. The van der Waals surface area contributed by atoms with Crippen LogP contribution in [0, 0.1) is 0 Å². The van der Waals surface area contributed by atoms with Crippen LogP contribution in [-0.4, -0.2) is 41.3 Å². The number of thioether (sulfide) groups is 1. The van der Waals surface area contributed by atoms with Gasteiger partial charge in [0.15, 0.2) is 0 Å². The zero-order valence-corrected chi connectivity index (χ0v) is 19.1. The molecule has 0 atom stereocenters. The summed E-state index contributed by atoms with van der Waals surface area (Å²) < 4.78 is 11.1. The fourth-order valence-corrected chi connectivity index (χ4v) is 4.31. The Morgan fingerprint density at radius 3 is 2.68 bits per heavy atom. The highest BCUT2D eigenvalue weighted by atomic mass is 32.2. The van der Waals surface area contributed by atoms with E-state index in [1.165, 1.54) is 11.8 Å². The molecular weight excluding hydrogens is 432 g/mol. The molecular formula is C23H24N2O4S2. The van der Waals surface area contributed by atoms with Gasteiger partial charge in [-0.1, -0.05) is 36.1 Å². The minimum atomic E-state index is -0.134. The molecule has 1 N–H and O–H groups in total. The number of anilines is 1. The number of methoxy groups -OCH3 is 1. The molecule has 2 aromatic rings. The molecule has 0 saturated carbocycles. The molecule has 1 aliphatic rings. The van der Waals surface area contributed by atoms with Crippen LogP contribution in [0.25, 0.3) is 6.08 Å². The number of hydrogen-bond acceptors (Lipinski definition) is 6. The molecule has 0 spiro atoms. The second-order valence-electron chi connectivity index (χ2n) is 6.72. The number of amides is 2. The largest absolute Gasteiger partial charge is 0.497 e. The van der Waals surface area contributed by atoms with Crippen molar-refractivity contribution in [2.45, 2.75) is 19.8 Å². The maximum atomic E-state index is 12.7. The van der Waals surface area contributed by atoms with E-state index in [-0.39, 0.29) is 11.8 Å². The van der Waals surface area contributed by atoms with Crippen LogP contribution in [0.4, 0.5) is 5.69 Å². The van der Waals surface area contributed by atoms with Gasteiger partial charge in [0.25, 0.3) is 5.91 Å². The number of carbonyl (C=O) groups excluding carboxylic acids is 2. The summed E-state index contributed by atoms with van der Waals surface area (Å²) in [5, 5.41) is 2.85. The Kier molecular flexibility index (Phi) is 8.08. The average Bonchev–Trinajstić information content (AvgIpc) is 3.02. The molecule has 0 aromatic heterocycles. The normalized spacial score (nSPS) is 14.8. The van der Waals surface area contributed by atoms with Gasteiger partial charge in [-0.05, 0) is 61.4 Å². The van der Waals surface area contributed by atoms with E-state index in [1.807, 2.05) is 43.3 Å². The number of hydrogen-bond donors (Lipinski definition) is 1. The molecule has 2 amide bonds. The van der Waals surface area contributed by atoms with Crippen molar-refractivity contribution in [2.24, 2.45) is 0 Å². The molecule has 3 rings (SSSR count). The van der Waals surface area contributed by atoms with Crippen molar-refractivity contribution in [1.29, 1.82) is 0 Å². The van der Waals surface area contributed by atoms with Crippen LogP contribution in [0.15, 0.2) is 53.4 Å². The summed E-state index contributed by atoms with van der Waals surface area (Å²) in [7, 11) is 1.60. The van der Waals surface area contributed by atoms with Gasteiger partial charge < -0.3 is 14.8 Å². The van der Waals surface area contributed by atoms with Crippen molar-refractivity contribution < 1.29 is 19.1 Å². The van der Waals surface area contributed by atoms with Crippen molar-refractivity contribution in [2.75, 3.05) is 25.6 Å². The van der Waals surface area contributed by atoms with Gasteiger partial charge in [0.05, 0.1) is 18.6 Å². The minimum absolute atomic E-state index is 0.110. The first-order chi connectivity index (χ1) is 15.0. The zero-order chi connectivity index (χ0) is 22.2. The van der Waals surface area contributed by atoms with Gasteiger partial charge in [0.2, 0.25) is 5.91 Å². The molecule has 1 fully saturated rings. The zero-order valence-electron chi connectivity index (χ0n) is 17.4. The fourth-order valence-electron chi connectivity index (χ4n) is 3.00. The standard InChI is InChI=1S/C23H24N2O4S2/c1-3-29-18-11-9-17(10-12-18)24-21(26)8-5-13-25-22(27)20(31-23(25)30)15-16-6-4-7-19(14-16)28-2/h4,6-7,9-12,14-15H,3,5,8,13H2,1-2H3,(H,24,26)/b20-15+. The highest BCUT2D eigenvalue weighted by Gasteiger charge is 2.31. The number of benzene rings is 2. The molecule has 0 radical (unpaired) electrons. The van der Waals surface area contributed by atoms with Crippen LogP contribution in [-0.2, 0) is 9.59 Å². The molecule has 31 heavy (non-hydrogen) atoms. The van der Waals surface area contributed by atoms with Crippen molar-refractivity contribution in [3.63, 3.8) is 0 Å². The van der Waals surface area contributed by atoms with Gasteiger partial charge in [0.1, 0.15) is 15.8 Å². The Labute approximate surface area is 191 Å². The summed E-state index contributed by atoms with van der Waals surface area (Å²) in [6.45, 7) is 2.91. The molecule has 0 unspecified atom stereocenters. The van der Waals surface area contributed by atoms with E-state index in [4.69, 9.17) is 21.7 Å². The number of nitrogens with zero attached hydrogens (tertiary/aromatic N) is 1. The maximum Gasteiger partial charge on any atom is 0.266 e. The van der Waals surface area contributed by atoms with E-state index in [2.05, 4.69) is 5.32 Å². The van der Waals surface area contributed by atoms with E-state index in [1.54, 1.807) is 30.2 Å². The Hall–Kier alpha value is -2.84. The van der Waals surface area contributed by atoms with Gasteiger partial charge in [-0.25, -0.2) is 0 Å². The van der Waals surface area contributed by atoms with Crippen LogP contribution >= 0.6 is 24.0 Å². The Bertz CT molecular complexity index is 989. The van der Waals surface area contributed by atoms with Gasteiger partial charge in [-0.15, -0.1) is 0 Å². The van der Waals surface area contributed by atoms with E-state index in [9.17, 15) is 9.59 Å². The lowest BCUT2D eigenvalue weighted by atomic mass is 10.2. The average molecular weight is 457 g/mol. The van der Waals surface area contributed by atoms with Gasteiger partial charge in [-0.3, -0.25) is 14.5 Å². The van der Waals surface area contributed by atoms with Crippen molar-refractivity contribution >= 4 is 51.9 Å². The number of ether oxygens (including phenoxy) is 2. The molecule has 8 heteroatoms. The first-order valence-electron chi connectivity index (χ1n) is 9.92. The summed E-state index contributed by atoms with van der Waals surface area (Å²) in [6, 6.07) is 14.7. The van der Waals surface area contributed by atoms with Crippen LogP contribution in [0.5, 0.6) is 11.5 Å². The predicted octanol–water partition coefficient (Wildman–Crippen LogP) is 4.71. The van der Waals surface area contributed by atoms with Crippen LogP contribution in [0.2, 0.25) is 0 Å². The third-order valence-corrected chi connectivity index (χ3v) is 5.88. The number of carbonyl (C=O) groups is 2. The predicted molar refractivity (Wildman–Crippen MR) is 128 cm³/mol. The quantitative estimate of drug-likeness (QED) is 0.435. The minimum Gasteiger partial charge on any atom is -0.497 e. The smallest absolute Gasteiger partial charge is 0.266 e. The fraction of sp³-hybridized carbons (Fsp3) is 0.261. The Morgan fingerprint density at radius 2 is 1.97 bits per heavy atom. The van der Waals surface area contributed by atoms with E-state index < -0.39 is 0 Å². The van der Waals surface area contributed by atoms with Gasteiger partial charge in [-0.2, -0.15) is 0 Å². The highest BCUT2D eigenvalue weighted by Crippen LogP contribution is 2.33. The summed E-state index contributed by atoms with van der Waals surface area (Å²) in [4.78, 5) is 27.1. The molecule has 0 bridgehead atoms. The third kappa shape index (κ3) is 6.32. The van der Waals surface area contributed by atoms with Crippen LogP contribution in [0.3, 0.4) is 0 Å². The molecule has 6 nitrogen and oxygen atoms in total. The number of nitrogens with one attached hydrogen (secondary N) is 1. The first kappa shape index (κ1) is 22.8. The molecule has 1 heterocycles. The SMILES string of the molecule is CCOc1ccc(NC(=O)CCCN2C(=O)/C(=C\c3cccc(OC)c3)SC2=S)cc1. The topological polar surface area (TPSA) is 67.9 Å². The molecule has 2 aromatic carbocycles. The maximum absolute atomic E-state index is 12.7. The first-order valence-corrected chi connectivity index (χ1v) is 11.1. The second kappa shape index (κ2) is 11.0. The molecule has 0 aliphatic carbocycles. The van der Waals surface area contributed by atoms with E-state index >= 15 is 0 Å².